The maximum atomic E-state index is 12.4. The highest BCUT2D eigenvalue weighted by Gasteiger charge is 2.20. The van der Waals surface area contributed by atoms with Crippen LogP contribution in [0.2, 0.25) is 0 Å². The van der Waals surface area contributed by atoms with Crippen LogP contribution in [0.3, 0.4) is 0 Å². The normalized spacial score (nSPS) is 20.3. The highest BCUT2D eigenvalue weighted by molar-refractivity contribution is 9.10. The summed E-state index contributed by atoms with van der Waals surface area (Å²) >= 11 is 3.46. The predicted octanol–water partition coefficient (Wildman–Crippen LogP) is 4.07. The van der Waals surface area contributed by atoms with Crippen molar-refractivity contribution in [1.82, 2.24) is 4.57 Å². The quantitative estimate of drug-likeness (QED) is 0.804. The van der Waals surface area contributed by atoms with Gasteiger partial charge in [0.25, 0.3) is 5.56 Å². The summed E-state index contributed by atoms with van der Waals surface area (Å²) in [5.41, 5.74) is 2.91. The van der Waals surface area contributed by atoms with E-state index < -0.39 is 0 Å². The number of fused-ring (bicyclic) bond motifs is 1. The Balaban J connectivity index is 1.94. The minimum Gasteiger partial charge on any atom is -0.311 e. The number of nitrogens with zero attached hydrogens (tertiary/aromatic N) is 1. The van der Waals surface area contributed by atoms with E-state index in [1.165, 1.54) is 56.2 Å². The molecule has 0 aromatic carbocycles. The van der Waals surface area contributed by atoms with Gasteiger partial charge in [-0.05, 0) is 72.0 Å². The Morgan fingerprint density at radius 3 is 2.63 bits per heavy atom. The van der Waals surface area contributed by atoms with Crippen molar-refractivity contribution in [2.45, 2.75) is 64.3 Å². The SMILES string of the molecule is O=c1c(Br)cc2c(n1CC1CCCCC1)CCCC2. The molecule has 0 spiro atoms. The summed E-state index contributed by atoms with van der Waals surface area (Å²) < 4.78 is 2.85. The second kappa shape index (κ2) is 5.82. The molecule has 2 nitrogen and oxygen atoms in total. The van der Waals surface area contributed by atoms with E-state index in [2.05, 4.69) is 26.6 Å². The van der Waals surface area contributed by atoms with Crippen LogP contribution in [0.5, 0.6) is 0 Å². The number of aromatic nitrogens is 1. The Labute approximate surface area is 123 Å². The summed E-state index contributed by atoms with van der Waals surface area (Å²) in [6.45, 7) is 0.945. The average Bonchev–Trinajstić information content (AvgIpc) is 2.45. The molecular formula is C16H22BrNO. The van der Waals surface area contributed by atoms with Crippen molar-refractivity contribution in [1.29, 1.82) is 0 Å². The maximum absolute atomic E-state index is 12.4. The average molecular weight is 324 g/mol. The van der Waals surface area contributed by atoms with Crippen molar-refractivity contribution in [3.8, 4) is 0 Å². The lowest BCUT2D eigenvalue weighted by molar-refractivity contribution is 0.311. The highest BCUT2D eigenvalue weighted by atomic mass is 79.9. The molecule has 0 saturated heterocycles. The Kier molecular flexibility index (Phi) is 4.11. The van der Waals surface area contributed by atoms with E-state index in [9.17, 15) is 4.79 Å². The number of aryl methyl sites for hydroxylation is 1. The summed E-state index contributed by atoms with van der Waals surface area (Å²) in [5, 5.41) is 0. The Morgan fingerprint density at radius 1 is 1.11 bits per heavy atom. The Bertz CT molecular complexity index is 514. The summed E-state index contributed by atoms with van der Waals surface area (Å²) in [5.74, 6) is 0.715. The molecule has 1 heterocycles. The van der Waals surface area contributed by atoms with E-state index in [0.717, 1.165) is 23.9 Å². The zero-order valence-electron chi connectivity index (χ0n) is 11.5. The fourth-order valence-corrected chi connectivity index (χ4v) is 4.15. The molecule has 2 aliphatic rings. The van der Waals surface area contributed by atoms with Gasteiger partial charge in [-0.25, -0.2) is 0 Å². The fraction of sp³-hybridized carbons (Fsp3) is 0.688. The topological polar surface area (TPSA) is 22.0 Å². The van der Waals surface area contributed by atoms with Crippen LogP contribution in [-0.4, -0.2) is 4.57 Å². The van der Waals surface area contributed by atoms with Gasteiger partial charge in [0, 0.05) is 12.2 Å². The maximum Gasteiger partial charge on any atom is 0.265 e. The van der Waals surface area contributed by atoms with Gasteiger partial charge in [-0.1, -0.05) is 19.3 Å². The number of pyridine rings is 1. The smallest absolute Gasteiger partial charge is 0.265 e. The van der Waals surface area contributed by atoms with Crippen molar-refractivity contribution in [3.63, 3.8) is 0 Å². The minimum absolute atomic E-state index is 0.186. The van der Waals surface area contributed by atoms with Crippen LogP contribution in [0.15, 0.2) is 15.3 Å². The van der Waals surface area contributed by atoms with Gasteiger partial charge >= 0.3 is 0 Å². The zero-order valence-corrected chi connectivity index (χ0v) is 13.0. The van der Waals surface area contributed by atoms with Gasteiger partial charge < -0.3 is 4.57 Å². The second-order valence-corrected chi connectivity index (χ2v) is 6.95. The molecule has 1 fully saturated rings. The van der Waals surface area contributed by atoms with Gasteiger partial charge in [0.15, 0.2) is 0 Å². The van der Waals surface area contributed by atoms with Crippen LogP contribution in [0.25, 0.3) is 0 Å². The summed E-state index contributed by atoms with van der Waals surface area (Å²) in [4.78, 5) is 12.4. The van der Waals surface area contributed by atoms with E-state index in [-0.39, 0.29) is 5.56 Å². The summed E-state index contributed by atoms with van der Waals surface area (Å²) in [7, 11) is 0. The molecule has 0 N–H and O–H groups in total. The van der Waals surface area contributed by atoms with E-state index in [0.29, 0.717) is 5.92 Å². The second-order valence-electron chi connectivity index (χ2n) is 6.09. The van der Waals surface area contributed by atoms with Gasteiger partial charge in [-0.2, -0.15) is 0 Å². The Hall–Kier alpha value is -0.570. The van der Waals surface area contributed by atoms with E-state index in [4.69, 9.17) is 0 Å². The van der Waals surface area contributed by atoms with Crippen molar-refractivity contribution in [2.75, 3.05) is 0 Å². The van der Waals surface area contributed by atoms with Crippen LogP contribution in [-0.2, 0) is 19.4 Å². The summed E-state index contributed by atoms with van der Waals surface area (Å²) in [6.07, 6.45) is 11.4. The molecule has 2 aliphatic carbocycles. The molecule has 0 unspecified atom stereocenters. The zero-order chi connectivity index (χ0) is 13.2. The largest absolute Gasteiger partial charge is 0.311 e. The lowest BCUT2D eigenvalue weighted by Gasteiger charge is -2.27. The summed E-state index contributed by atoms with van der Waals surface area (Å²) in [6, 6.07) is 2.06. The van der Waals surface area contributed by atoms with Gasteiger partial charge in [0.1, 0.15) is 0 Å². The fourth-order valence-electron chi connectivity index (χ4n) is 3.66. The molecule has 0 atom stereocenters. The van der Waals surface area contributed by atoms with Gasteiger partial charge in [0.05, 0.1) is 4.47 Å². The molecule has 3 heteroatoms. The number of rotatable bonds is 2. The molecule has 1 aromatic heterocycles. The third kappa shape index (κ3) is 2.81. The Morgan fingerprint density at radius 2 is 1.84 bits per heavy atom. The van der Waals surface area contributed by atoms with Crippen LogP contribution < -0.4 is 5.56 Å². The third-order valence-corrected chi connectivity index (χ3v) is 5.29. The molecule has 0 amide bonds. The molecule has 19 heavy (non-hydrogen) atoms. The van der Waals surface area contributed by atoms with E-state index in [1.54, 1.807) is 0 Å². The first-order valence-corrected chi connectivity index (χ1v) is 8.46. The third-order valence-electron chi connectivity index (χ3n) is 4.72. The molecule has 104 valence electrons. The number of halogens is 1. The van der Waals surface area contributed by atoms with Crippen LogP contribution >= 0.6 is 15.9 Å². The van der Waals surface area contributed by atoms with E-state index >= 15 is 0 Å². The monoisotopic (exact) mass is 323 g/mol. The predicted molar refractivity (Wildman–Crippen MR) is 81.6 cm³/mol. The van der Waals surface area contributed by atoms with Gasteiger partial charge in [0.2, 0.25) is 0 Å². The van der Waals surface area contributed by atoms with Crippen molar-refractivity contribution in [2.24, 2.45) is 5.92 Å². The van der Waals surface area contributed by atoms with Crippen molar-refractivity contribution < 1.29 is 0 Å². The molecule has 1 aromatic rings. The van der Waals surface area contributed by atoms with E-state index in [1.807, 2.05) is 0 Å². The molecular weight excluding hydrogens is 302 g/mol. The van der Waals surface area contributed by atoms with Crippen molar-refractivity contribution >= 4 is 15.9 Å². The number of hydrogen-bond donors (Lipinski definition) is 0. The van der Waals surface area contributed by atoms with Gasteiger partial charge in [-0.15, -0.1) is 0 Å². The molecule has 0 bridgehead atoms. The lowest BCUT2D eigenvalue weighted by atomic mass is 9.88. The van der Waals surface area contributed by atoms with Crippen LogP contribution in [0, 0.1) is 5.92 Å². The first-order valence-electron chi connectivity index (χ1n) is 7.67. The molecule has 3 rings (SSSR count). The van der Waals surface area contributed by atoms with Gasteiger partial charge in [-0.3, -0.25) is 4.79 Å². The van der Waals surface area contributed by atoms with Crippen LogP contribution in [0.4, 0.5) is 0 Å². The first-order chi connectivity index (χ1) is 9.25. The number of hydrogen-bond acceptors (Lipinski definition) is 1. The molecule has 1 saturated carbocycles. The highest BCUT2D eigenvalue weighted by Crippen LogP contribution is 2.27. The first kappa shape index (κ1) is 13.4. The van der Waals surface area contributed by atoms with Crippen molar-refractivity contribution in [3.05, 3.63) is 32.2 Å². The van der Waals surface area contributed by atoms with Crippen LogP contribution in [0.1, 0.15) is 56.2 Å². The molecule has 0 radical (unpaired) electrons. The standard InChI is InChI=1S/C16H22BrNO/c17-14-10-13-8-4-5-9-15(13)18(16(14)19)11-12-6-2-1-3-7-12/h10,12H,1-9,11H2. The minimum atomic E-state index is 0.186. The molecule has 0 aliphatic heterocycles. The lowest BCUT2D eigenvalue weighted by Crippen LogP contribution is -2.30.